The first kappa shape index (κ1) is 25.9. The third kappa shape index (κ3) is 6.65. The summed E-state index contributed by atoms with van der Waals surface area (Å²) in [5, 5.41) is 3.34. The Morgan fingerprint density at radius 1 is 1.17 bits per heavy atom. The average Bonchev–Trinajstić information content (AvgIpc) is 2.82. The fourth-order valence-electron chi connectivity index (χ4n) is 3.26. The van der Waals surface area contributed by atoms with Crippen molar-refractivity contribution in [2.75, 3.05) is 5.01 Å². The first-order valence-electron chi connectivity index (χ1n) is 10.8. The van der Waals surface area contributed by atoms with Gasteiger partial charge in [0.1, 0.15) is 11.9 Å². The lowest BCUT2D eigenvalue weighted by Gasteiger charge is -2.33. The number of ether oxygens (including phenoxy) is 1. The Balaban J connectivity index is 1.94. The van der Waals surface area contributed by atoms with Crippen LogP contribution in [0, 0.1) is 5.82 Å². The van der Waals surface area contributed by atoms with Crippen LogP contribution in [0.4, 0.5) is 15.0 Å². The van der Waals surface area contributed by atoms with E-state index in [1.807, 2.05) is 24.3 Å². The summed E-state index contributed by atoms with van der Waals surface area (Å²) >= 11 is 6.04. The van der Waals surface area contributed by atoms with Crippen molar-refractivity contribution in [3.05, 3.63) is 71.1 Å². The van der Waals surface area contributed by atoms with Crippen molar-refractivity contribution in [3.63, 3.8) is 0 Å². The Morgan fingerprint density at radius 2 is 1.89 bits per heavy atom. The summed E-state index contributed by atoms with van der Waals surface area (Å²) in [6, 6.07) is 13.3. The lowest BCUT2D eigenvalue weighted by atomic mass is 10.2. The highest BCUT2D eigenvalue weighted by molar-refractivity contribution is 6.31. The van der Waals surface area contributed by atoms with Crippen LogP contribution in [-0.4, -0.2) is 34.1 Å². The van der Waals surface area contributed by atoms with E-state index in [0.717, 1.165) is 20.9 Å². The highest BCUT2D eigenvalue weighted by atomic mass is 35.5. The highest BCUT2D eigenvalue weighted by Gasteiger charge is 2.30. The van der Waals surface area contributed by atoms with Crippen LogP contribution < -0.4 is 16.2 Å². The van der Waals surface area contributed by atoms with Crippen molar-refractivity contribution >= 4 is 46.1 Å². The number of hydrogen-bond donors (Lipinski definition) is 2. The maximum Gasteiger partial charge on any atom is 0.436 e. The lowest BCUT2D eigenvalue weighted by molar-refractivity contribution is -0.132. The largest absolute Gasteiger partial charge is 0.445 e. The molecule has 2 aromatic carbocycles. The molecule has 0 fully saturated rings. The number of carbonyl (C=O) groups is 3. The fraction of sp³-hybridized carbons (Fsp3) is 0.250. The quantitative estimate of drug-likeness (QED) is 0.449. The minimum Gasteiger partial charge on any atom is -0.445 e. The molecule has 0 saturated heterocycles. The Bertz CT molecular complexity index is 1240. The number of hydrogen-bond acceptors (Lipinski definition) is 6. The van der Waals surface area contributed by atoms with Crippen LogP contribution in [0.3, 0.4) is 0 Å². The number of anilines is 1. The summed E-state index contributed by atoms with van der Waals surface area (Å²) in [4.78, 5) is 41.3. The van der Waals surface area contributed by atoms with E-state index in [2.05, 4.69) is 10.4 Å². The second-order valence-corrected chi connectivity index (χ2v) is 8.16. The summed E-state index contributed by atoms with van der Waals surface area (Å²) in [6.45, 7) is 2.76. The van der Waals surface area contributed by atoms with E-state index in [-0.39, 0.29) is 30.2 Å². The standard InChI is InChI=1S/C24H25ClFN5O4/c1-15(10-11-21(27)33)35-24(34)30(22-12-17-6-3-4-7-18(17)13-28-22)31(16(2)32)29-14-19-8-5-9-20(26)23(19)25/h3-9,12-13,15,29H,10-11,14H2,1-2H3,(H2,27,33). The summed E-state index contributed by atoms with van der Waals surface area (Å²) in [5.74, 6) is -1.62. The molecule has 0 spiro atoms. The van der Waals surface area contributed by atoms with Gasteiger partial charge in [0.25, 0.3) is 5.91 Å². The molecule has 0 bridgehead atoms. The Hall–Kier alpha value is -3.76. The minimum absolute atomic E-state index is 0.0232. The summed E-state index contributed by atoms with van der Waals surface area (Å²) in [7, 11) is 0. The van der Waals surface area contributed by atoms with E-state index in [9.17, 15) is 18.8 Å². The van der Waals surface area contributed by atoms with Crippen LogP contribution >= 0.6 is 11.6 Å². The van der Waals surface area contributed by atoms with Crippen molar-refractivity contribution in [1.82, 2.24) is 15.5 Å². The fourth-order valence-corrected chi connectivity index (χ4v) is 3.45. The molecule has 35 heavy (non-hydrogen) atoms. The van der Waals surface area contributed by atoms with Crippen molar-refractivity contribution in [2.45, 2.75) is 39.3 Å². The molecule has 184 valence electrons. The van der Waals surface area contributed by atoms with Gasteiger partial charge in [0, 0.05) is 31.5 Å². The summed E-state index contributed by atoms with van der Waals surface area (Å²) in [6.07, 6.45) is 0.188. The number of nitrogens with two attached hydrogens (primary N) is 1. The molecule has 9 nitrogen and oxygen atoms in total. The number of aromatic nitrogens is 1. The molecule has 1 unspecified atom stereocenters. The van der Waals surface area contributed by atoms with Gasteiger partial charge in [-0.1, -0.05) is 48.0 Å². The van der Waals surface area contributed by atoms with Crippen molar-refractivity contribution in [1.29, 1.82) is 0 Å². The first-order valence-corrected chi connectivity index (χ1v) is 11.2. The number of amides is 3. The van der Waals surface area contributed by atoms with Crippen molar-refractivity contribution in [3.8, 4) is 0 Å². The number of benzene rings is 2. The molecule has 3 rings (SSSR count). The van der Waals surface area contributed by atoms with Gasteiger partial charge in [0.2, 0.25) is 5.91 Å². The smallest absolute Gasteiger partial charge is 0.436 e. The van der Waals surface area contributed by atoms with Crippen LogP contribution in [0.5, 0.6) is 0 Å². The number of hydrazine groups is 2. The molecular weight excluding hydrogens is 477 g/mol. The van der Waals surface area contributed by atoms with Crippen molar-refractivity contribution < 1.29 is 23.5 Å². The molecule has 3 aromatic rings. The predicted molar refractivity (Wildman–Crippen MR) is 129 cm³/mol. The second kappa shape index (κ2) is 11.6. The zero-order valence-electron chi connectivity index (χ0n) is 19.2. The molecule has 0 saturated carbocycles. The van der Waals surface area contributed by atoms with E-state index in [1.165, 1.54) is 19.1 Å². The van der Waals surface area contributed by atoms with Gasteiger partial charge in [-0.15, -0.1) is 5.01 Å². The maximum atomic E-state index is 13.9. The molecule has 0 radical (unpaired) electrons. The maximum absolute atomic E-state index is 13.9. The van der Waals surface area contributed by atoms with Crippen LogP contribution in [-0.2, 0) is 20.9 Å². The summed E-state index contributed by atoms with van der Waals surface area (Å²) < 4.78 is 19.3. The number of fused-ring (bicyclic) bond motifs is 1. The topological polar surface area (TPSA) is 118 Å². The zero-order valence-corrected chi connectivity index (χ0v) is 20.0. The molecular formula is C24H25ClFN5O4. The predicted octanol–water partition coefficient (Wildman–Crippen LogP) is 4.09. The zero-order chi connectivity index (χ0) is 25.5. The van der Waals surface area contributed by atoms with E-state index in [4.69, 9.17) is 22.1 Å². The molecule has 0 aliphatic rings. The lowest BCUT2D eigenvalue weighted by Crippen LogP contribution is -2.56. The van der Waals surface area contributed by atoms with Crippen LogP contribution in [0.25, 0.3) is 10.8 Å². The van der Waals surface area contributed by atoms with Crippen molar-refractivity contribution in [2.24, 2.45) is 5.73 Å². The third-order valence-electron chi connectivity index (χ3n) is 5.05. The van der Waals surface area contributed by atoms with E-state index < -0.39 is 29.8 Å². The molecule has 1 aromatic heterocycles. The second-order valence-electron chi connectivity index (χ2n) is 7.78. The highest BCUT2D eigenvalue weighted by Crippen LogP contribution is 2.23. The molecule has 11 heteroatoms. The minimum atomic E-state index is -0.919. The SMILES string of the molecule is CC(=O)N(NCc1cccc(F)c1Cl)N(C(=O)OC(C)CCC(N)=O)c1cc2ccccc2cn1. The Labute approximate surface area is 206 Å². The molecule has 1 atom stereocenters. The van der Waals surface area contributed by atoms with E-state index >= 15 is 0 Å². The number of nitrogens with zero attached hydrogens (tertiary/aromatic N) is 3. The average molecular weight is 502 g/mol. The van der Waals surface area contributed by atoms with E-state index in [0.29, 0.717) is 5.56 Å². The summed E-state index contributed by atoms with van der Waals surface area (Å²) in [5.41, 5.74) is 8.35. The van der Waals surface area contributed by atoms with E-state index in [1.54, 1.807) is 25.3 Å². The van der Waals surface area contributed by atoms with Gasteiger partial charge >= 0.3 is 6.09 Å². The number of pyridine rings is 1. The number of halogens is 2. The Kier molecular flexibility index (Phi) is 8.56. The van der Waals surface area contributed by atoms with Gasteiger partial charge in [0.05, 0.1) is 5.02 Å². The molecule has 1 heterocycles. The van der Waals surface area contributed by atoms with Crippen LogP contribution in [0.1, 0.15) is 32.3 Å². The number of carbonyl (C=O) groups excluding carboxylic acids is 3. The van der Waals surface area contributed by atoms with Gasteiger partial charge in [-0.25, -0.2) is 19.6 Å². The molecule has 3 amide bonds. The first-order chi connectivity index (χ1) is 16.7. The van der Waals surface area contributed by atoms with Gasteiger partial charge < -0.3 is 10.5 Å². The van der Waals surface area contributed by atoms with Crippen LogP contribution in [0.15, 0.2) is 54.7 Å². The Morgan fingerprint density at radius 3 is 2.57 bits per heavy atom. The normalized spacial score (nSPS) is 11.7. The number of nitrogens with one attached hydrogen (secondary N) is 1. The molecule has 3 N–H and O–H groups in total. The van der Waals surface area contributed by atoms with Gasteiger partial charge in [-0.05, 0) is 36.4 Å². The van der Waals surface area contributed by atoms with Gasteiger partial charge in [-0.3, -0.25) is 9.59 Å². The third-order valence-corrected chi connectivity index (χ3v) is 5.48. The molecule has 0 aliphatic carbocycles. The van der Waals surface area contributed by atoms with Gasteiger partial charge in [0.15, 0.2) is 5.82 Å². The number of rotatable bonds is 8. The molecule has 0 aliphatic heterocycles. The monoisotopic (exact) mass is 501 g/mol. The van der Waals surface area contributed by atoms with Gasteiger partial charge in [-0.2, -0.15) is 5.12 Å². The van der Waals surface area contributed by atoms with Crippen LogP contribution in [0.2, 0.25) is 5.02 Å². The number of primary amides is 1.